The Morgan fingerprint density at radius 1 is 1.43 bits per heavy atom. The van der Waals surface area contributed by atoms with Crippen molar-refractivity contribution in [2.24, 2.45) is 5.73 Å². The molecule has 21 heavy (non-hydrogen) atoms. The van der Waals surface area contributed by atoms with Crippen LogP contribution in [-0.2, 0) is 0 Å². The highest BCUT2D eigenvalue weighted by Crippen LogP contribution is 2.22. The lowest BCUT2D eigenvalue weighted by molar-refractivity contribution is 0.100. The first-order chi connectivity index (χ1) is 9.93. The highest BCUT2D eigenvalue weighted by molar-refractivity contribution is 5.92. The molecule has 2 aromatic rings. The van der Waals surface area contributed by atoms with Gasteiger partial charge in [0.25, 0.3) is 5.91 Å². The van der Waals surface area contributed by atoms with Crippen LogP contribution in [-0.4, -0.2) is 32.2 Å². The number of amides is 1. The number of nitrogens with one attached hydrogen (secondary N) is 1. The summed E-state index contributed by atoms with van der Waals surface area (Å²) in [7, 11) is 0. The average Bonchev–Trinajstić information content (AvgIpc) is 2.90. The predicted octanol–water partition coefficient (Wildman–Crippen LogP) is 1.62. The van der Waals surface area contributed by atoms with Crippen molar-refractivity contribution in [3.05, 3.63) is 29.3 Å². The van der Waals surface area contributed by atoms with Crippen molar-refractivity contribution >= 4 is 11.7 Å². The molecule has 0 radical (unpaired) electrons. The highest BCUT2D eigenvalue weighted by Gasteiger charge is 2.15. The first kappa shape index (κ1) is 15.0. The molecular formula is C14H20N6O. The Labute approximate surface area is 123 Å². The second kappa shape index (κ2) is 5.90. The van der Waals surface area contributed by atoms with Crippen LogP contribution in [0.4, 0.5) is 5.82 Å². The first-order valence-corrected chi connectivity index (χ1v) is 6.91. The van der Waals surface area contributed by atoms with Crippen molar-refractivity contribution in [1.29, 1.82) is 0 Å². The lowest BCUT2D eigenvalue weighted by atomic mass is 10.2. The zero-order valence-corrected chi connectivity index (χ0v) is 12.7. The van der Waals surface area contributed by atoms with Crippen LogP contribution in [0.1, 0.15) is 48.4 Å². The van der Waals surface area contributed by atoms with Gasteiger partial charge in [0.2, 0.25) is 0 Å². The molecule has 2 heterocycles. The number of carbonyl (C=O) groups excluding carboxylic acids is 1. The molecule has 2 rings (SSSR count). The maximum absolute atomic E-state index is 11.2. The molecule has 2 aromatic heterocycles. The van der Waals surface area contributed by atoms with Crippen LogP contribution < -0.4 is 11.1 Å². The third kappa shape index (κ3) is 3.01. The zero-order chi connectivity index (χ0) is 15.6. The fourth-order valence-corrected chi connectivity index (χ4v) is 1.91. The van der Waals surface area contributed by atoms with E-state index in [0.29, 0.717) is 11.4 Å². The summed E-state index contributed by atoms with van der Waals surface area (Å²) >= 11 is 0. The number of primary amides is 1. The van der Waals surface area contributed by atoms with Gasteiger partial charge in [0.15, 0.2) is 5.82 Å². The SMILES string of the molecule is CCNc1nc(C(C)C)nc(-n2cc(C(N)=O)cn2)c1C. The van der Waals surface area contributed by atoms with Gasteiger partial charge in [0.1, 0.15) is 11.6 Å². The summed E-state index contributed by atoms with van der Waals surface area (Å²) in [4.78, 5) is 20.3. The third-order valence-corrected chi connectivity index (χ3v) is 3.08. The quantitative estimate of drug-likeness (QED) is 0.871. The molecule has 112 valence electrons. The molecule has 0 saturated heterocycles. The minimum Gasteiger partial charge on any atom is -0.370 e. The number of hydrogen-bond donors (Lipinski definition) is 2. The van der Waals surface area contributed by atoms with Crippen molar-refractivity contribution in [2.45, 2.75) is 33.6 Å². The molecule has 0 bridgehead atoms. The van der Waals surface area contributed by atoms with E-state index in [1.807, 2.05) is 27.7 Å². The van der Waals surface area contributed by atoms with Gasteiger partial charge in [-0.3, -0.25) is 4.79 Å². The topological polar surface area (TPSA) is 98.7 Å². The van der Waals surface area contributed by atoms with E-state index in [4.69, 9.17) is 5.73 Å². The number of nitrogens with zero attached hydrogens (tertiary/aromatic N) is 4. The Morgan fingerprint density at radius 3 is 2.67 bits per heavy atom. The van der Waals surface area contributed by atoms with Crippen LogP contribution in [0.25, 0.3) is 5.82 Å². The smallest absolute Gasteiger partial charge is 0.251 e. The maximum Gasteiger partial charge on any atom is 0.251 e. The van der Waals surface area contributed by atoms with E-state index in [1.54, 1.807) is 10.9 Å². The Hall–Kier alpha value is -2.44. The Morgan fingerprint density at radius 2 is 2.14 bits per heavy atom. The monoisotopic (exact) mass is 288 g/mol. The molecular weight excluding hydrogens is 268 g/mol. The summed E-state index contributed by atoms with van der Waals surface area (Å²) in [5, 5.41) is 7.39. The molecule has 0 aliphatic heterocycles. The highest BCUT2D eigenvalue weighted by atomic mass is 16.1. The molecule has 3 N–H and O–H groups in total. The summed E-state index contributed by atoms with van der Waals surface area (Å²) in [5.41, 5.74) is 6.49. The maximum atomic E-state index is 11.2. The van der Waals surface area contributed by atoms with E-state index >= 15 is 0 Å². The van der Waals surface area contributed by atoms with Gasteiger partial charge in [-0.15, -0.1) is 0 Å². The number of anilines is 1. The molecule has 0 aliphatic rings. The van der Waals surface area contributed by atoms with E-state index in [2.05, 4.69) is 20.4 Å². The number of carbonyl (C=O) groups is 1. The first-order valence-electron chi connectivity index (χ1n) is 6.91. The van der Waals surface area contributed by atoms with Crippen molar-refractivity contribution in [3.8, 4) is 5.82 Å². The van der Waals surface area contributed by atoms with Gasteiger partial charge in [-0.2, -0.15) is 5.10 Å². The van der Waals surface area contributed by atoms with Crippen LogP contribution in [0.5, 0.6) is 0 Å². The van der Waals surface area contributed by atoms with Crippen LogP contribution in [0.2, 0.25) is 0 Å². The number of hydrogen-bond acceptors (Lipinski definition) is 5. The fraction of sp³-hybridized carbons (Fsp3) is 0.429. The Bertz CT molecular complexity index is 661. The minimum absolute atomic E-state index is 0.188. The molecule has 0 atom stereocenters. The van der Waals surface area contributed by atoms with Crippen molar-refractivity contribution in [2.75, 3.05) is 11.9 Å². The molecule has 7 heteroatoms. The van der Waals surface area contributed by atoms with Gasteiger partial charge in [-0.05, 0) is 13.8 Å². The van der Waals surface area contributed by atoms with E-state index in [-0.39, 0.29) is 5.92 Å². The van der Waals surface area contributed by atoms with E-state index in [1.165, 1.54) is 6.20 Å². The van der Waals surface area contributed by atoms with E-state index in [0.717, 1.165) is 23.8 Å². The summed E-state index contributed by atoms with van der Waals surface area (Å²) in [6.07, 6.45) is 3.02. The summed E-state index contributed by atoms with van der Waals surface area (Å²) in [6.45, 7) is 8.75. The molecule has 7 nitrogen and oxygen atoms in total. The molecule has 0 aromatic carbocycles. The summed E-state index contributed by atoms with van der Waals surface area (Å²) in [6, 6.07) is 0. The van der Waals surface area contributed by atoms with Crippen LogP contribution in [0, 0.1) is 6.92 Å². The van der Waals surface area contributed by atoms with Crippen LogP contribution in [0.15, 0.2) is 12.4 Å². The lowest BCUT2D eigenvalue weighted by Crippen LogP contribution is -2.13. The lowest BCUT2D eigenvalue weighted by Gasteiger charge is -2.14. The van der Waals surface area contributed by atoms with E-state index in [9.17, 15) is 4.79 Å². The van der Waals surface area contributed by atoms with E-state index < -0.39 is 5.91 Å². The third-order valence-electron chi connectivity index (χ3n) is 3.08. The molecule has 0 spiro atoms. The second-order valence-electron chi connectivity index (χ2n) is 5.10. The zero-order valence-electron chi connectivity index (χ0n) is 12.7. The van der Waals surface area contributed by atoms with Crippen molar-refractivity contribution in [3.63, 3.8) is 0 Å². The number of aromatic nitrogens is 4. The number of rotatable bonds is 5. The summed E-state index contributed by atoms with van der Waals surface area (Å²) in [5.74, 6) is 1.83. The average molecular weight is 288 g/mol. The van der Waals surface area contributed by atoms with Gasteiger partial charge < -0.3 is 11.1 Å². The molecule has 0 aliphatic carbocycles. The van der Waals surface area contributed by atoms with Gasteiger partial charge in [0, 0.05) is 24.2 Å². The standard InChI is InChI=1S/C14H20N6O/c1-5-16-13-9(4)14(19-12(18-13)8(2)3)20-7-10(6-17-20)11(15)21/h6-8H,5H2,1-4H3,(H2,15,21)(H,16,18,19). The normalized spacial score (nSPS) is 10.9. The molecule has 0 fully saturated rings. The van der Waals surface area contributed by atoms with Gasteiger partial charge in [-0.1, -0.05) is 13.8 Å². The fourth-order valence-electron chi connectivity index (χ4n) is 1.91. The summed E-state index contributed by atoms with van der Waals surface area (Å²) < 4.78 is 1.56. The second-order valence-corrected chi connectivity index (χ2v) is 5.10. The molecule has 0 unspecified atom stereocenters. The number of nitrogens with two attached hydrogens (primary N) is 1. The van der Waals surface area contributed by atoms with Crippen molar-refractivity contribution in [1.82, 2.24) is 19.7 Å². The van der Waals surface area contributed by atoms with Gasteiger partial charge in [0.05, 0.1) is 11.8 Å². The van der Waals surface area contributed by atoms with Gasteiger partial charge in [-0.25, -0.2) is 14.6 Å². The van der Waals surface area contributed by atoms with Gasteiger partial charge >= 0.3 is 0 Å². The largest absolute Gasteiger partial charge is 0.370 e. The molecule has 0 saturated carbocycles. The van der Waals surface area contributed by atoms with Crippen LogP contribution in [0.3, 0.4) is 0 Å². The minimum atomic E-state index is -0.510. The predicted molar refractivity (Wildman–Crippen MR) is 80.7 cm³/mol. The van der Waals surface area contributed by atoms with Crippen molar-refractivity contribution < 1.29 is 4.79 Å². The Kier molecular flexibility index (Phi) is 4.21. The Balaban J connectivity index is 2.57. The van der Waals surface area contributed by atoms with Crippen LogP contribution >= 0.6 is 0 Å². The molecule has 1 amide bonds.